The zero-order valence-corrected chi connectivity index (χ0v) is 22.0. The molecule has 0 radical (unpaired) electrons. The van der Waals surface area contributed by atoms with Crippen LogP contribution in [0.5, 0.6) is 0 Å². The Morgan fingerprint density at radius 3 is 2.24 bits per heavy atom. The summed E-state index contributed by atoms with van der Waals surface area (Å²) in [5.74, 6) is -2.37. The number of amides is 3. The second kappa shape index (κ2) is 9.85. The van der Waals surface area contributed by atoms with Gasteiger partial charge in [-0.1, -0.05) is 88.7 Å². The van der Waals surface area contributed by atoms with Crippen LogP contribution >= 0.6 is 15.9 Å². The van der Waals surface area contributed by atoms with Crippen LogP contribution < -0.4 is 10.6 Å². The third-order valence-electron chi connectivity index (χ3n) is 7.54. The standard InChI is InChI=1S/C30H26BrN3O4/c31-21-11-13-22(14-12-21)33-28(36)26-30-16-15-23(38-30)24(27(35)32-17-19-7-3-1-4-8-19)25(30)29(37)34(26)18-20-9-5-2-6-10-20/h1-16,23-26H,17-18H2,(H,32,35)(H,33,36)/t23-,24+,25+,26-,30+/m0/s1. The quantitative estimate of drug-likeness (QED) is 0.419. The van der Waals surface area contributed by atoms with Gasteiger partial charge in [0.1, 0.15) is 11.6 Å². The van der Waals surface area contributed by atoms with Crippen LogP contribution in [0.15, 0.2) is 102 Å². The van der Waals surface area contributed by atoms with Crippen molar-refractivity contribution < 1.29 is 19.1 Å². The van der Waals surface area contributed by atoms with E-state index in [1.54, 1.807) is 17.0 Å². The number of ether oxygens (including phenoxy) is 1. The van der Waals surface area contributed by atoms with Gasteiger partial charge >= 0.3 is 0 Å². The molecule has 2 bridgehead atoms. The number of carbonyl (C=O) groups is 3. The molecule has 0 aliphatic carbocycles. The summed E-state index contributed by atoms with van der Waals surface area (Å²) in [6.07, 6.45) is 3.07. The summed E-state index contributed by atoms with van der Waals surface area (Å²) in [5.41, 5.74) is 1.25. The molecule has 3 aromatic carbocycles. The van der Waals surface area contributed by atoms with Gasteiger partial charge in [0.15, 0.2) is 0 Å². The molecule has 3 heterocycles. The van der Waals surface area contributed by atoms with Gasteiger partial charge in [0.2, 0.25) is 11.8 Å². The van der Waals surface area contributed by atoms with Crippen LogP contribution in [0.25, 0.3) is 0 Å². The van der Waals surface area contributed by atoms with Gasteiger partial charge in [-0.25, -0.2) is 0 Å². The van der Waals surface area contributed by atoms with Crippen LogP contribution in [0.3, 0.4) is 0 Å². The summed E-state index contributed by atoms with van der Waals surface area (Å²) in [6, 6.07) is 25.5. The highest BCUT2D eigenvalue weighted by atomic mass is 79.9. The lowest BCUT2D eigenvalue weighted by Gasteiger charge is -2.32. The average molecular weight is 572 g/mol. The predicted molar refractivity (Wildman–Crippen MR) is 146 cm³/mol. The van der Waals surface area contributed by atoms with E-state index in [4.69, 9.17) is 4.74 Å². The number of carbonyl (C=O) groups excluding carboxylic acids is 3. The van der Waals surface area contributed by atoms with E-state index >= 15 is 0 Å². The summed E-state index contributed by atoms with van der Waals surface area (Å²) < 4.78 is 7.29. The van der Waals surface area contributed by atoms with Crippen molar-refractivity contribution in [2.24, 2.45) is 11.8 Å². The highest BCUT2D eigenvalue weighted by Crippen LogP contribution is 2.55. The predicted octanol–water partition coefficient (Wildman–Crippen LogP) is 4.05. The van der Waals surface area contributed by atoms with E-state index in [9.17, 15) is 14.4 Å². The van der Waals surface area contributed by atoms with Gasteiger partial charge in [0.25, 0.3) is 5.91 Å². The largest absolute Gasteiger partial charge is 0.359 e. The van der Waals surface area contributed by atoms with E-state index < -0.39 is 29.6 Å². The molecule has 192 valence electrons. The number of nitrogens with zero attached hydrogens (tertiary/aromatic N) is 1. The van der Waals surface area contributed by atoms with Gasteiger partial charge in [-0.05, 0) is 35.4 Å². The third-order valence-corrected chi connectivity index (χ3v) is 8.07. The lowest BCUT2D eigenvalue weighted by Crippen LogP contribution is -2.52. The molecule has 6 rings (SSSR count). The van der Waals surface area contributed by atoms with Crippen molar-refractivity contribution in [1.82, 2.24) is 10.2 Å². The third kappa shape index (κ3) is 4.23. The zero-order valence-electron chi connectivity index (χ0n) is 20.4. The first kappa shape index (κ1) is 24.6. The SMILES string of the molecule is O=C(NCc1ccccc1)[C@@H]1[C@@H]2C=C[C@]3(O2)[C@H](C(=O)Nc2ccc(Br)cc2)N(Cc2ccccc2)C(=O)[C@@H]13. The van der Waals surface area contributed by atoms with Gasteiger partial charge in [0, 0.05) is 23.2 Å². The van der Waals surface area contributed by atoms with E-state index in [0.29, 0.717) is 12.2 Å². The second-order valence-corrected chi connectivity index (χ2v) is 10.8. The summed E-state index contributed by atoms with van der Waals surface area (Å²) in [6.45, 7) is 0.582. The highest BCUT2D eigenvalue weighted by Gasteiger charge is 2.72. The molecule has 3 amide bonds. The molecule has 2 saturated heterocycles. The van der Waals surface area contributed by atoms with Gasteiger partial charge in [-0.15, -0.1) is 0 Å². The number of fused-ring (bicyclic) bond motifs is 1. The molecule has 0 aromatic heterocycles. The molecule has 5 atom stereocenters. The first-order chi connectivity index (χ1) is 18.5. The van der Waals surface area contributed by atoms with Crippen molar-refractivity contribution >= 4 is 39.3 Å². The molecule has 7 nitrogen and oxygen atoms in total. The molecular formula is C30H26BrN3O4. The zero-order chi connectivity index (χ0) is 26.3. The van der Waals surface area contributed by atoms with Crippen LogP contribution in [-0.2, 0) is 32.2 Å². The number of halogens is 1. The Morgan fingerprint density at radius 1 is 0.895 bits per heavy atom. The van der Waals surface area contributed by atoms with Crippen LogP contribution in [0.1, 0.15) is 11.1 Å². The maximum atomic E-state index is 14.0. The van der Waals surface area contributed by atoms with Crippen molar-refractivity contribution in [3.8, 4) is 0 Å². The Bertz CT molecular complexity index is 1400. The maximum absolute atomic E-state index is 14.0. The summed E-state index contributed by atoms with van der Waals surface area (Å²) in [7, 11) is 0. The average Bonchev–Trinajstić information content (AvgIpc) is 3.57. The fraction of sp³-hybridized carbons (Fsp3) is 0.233. The molecule has 1 spiro atoms. The molecule has 3 aliphatic heterocycles. The molecule has 2 fully saturated rings. The monoisotopic (exact) mass is 571 g/mol. The lowest BCUT2D eigenvalue weighted by molar-refractivity contribution is -0.141. The summed E-state index contributed by atoms with van der Waals surface area (Å²) >= 11 is 3.41. The van der Waals surface area contributed by atoms with E-state index in [-0.39, 0.29) is 24.3 Å². The van der Waals surface area contributed by atoms with E-state index in [1.165, 1.54) is 0 Å². The first-order valence-electron chi connectivity index (χ1n) is 12.6. The van der Waals surface area contributed by atoms with Crippen molar-refractivity contribution in [3.05, 3.63) is 113 Å². The first-order valence-corrected chi connectivity index (χ1v) is 13.4. The van der Waals surface area contributed by atoms with Crippen LogP contribution in [0.2, 0.25) is 0 Å². The number of hydrogen-bond acceptors (Lipinski definition) is 4. The van der Waals surface area contributed by atoms with Gasteiger partial charge < -0.3 is 20.3 Å². The van der Waals surface area contributed by atoms with Crippen LogP contribution in [0.4, 0.5) is 5.69 Å². The van der Waals surface area contributed by atoms with Gasteiger partial charge in [-0.2, -0.15) is 0 Å². The Hall–Kier alpha value is -3.75. The van der Waals surface area contributed by atoms with Crippen molar-refractivity contribution in [2.45, 2.75) is 30.8 Å². The molecular weight excluding hydrogens is 546 g/mol. The Morgan fingerprint density at radius 2 is 1.55 bits per heavy atom. The van der Waals surface area contributed by atoms with Crippen molar-refractivity contribution in [1.29, 1.82) is 0 Å². The molecule has 3 aliphatic rings. The smallest absolute Gasteiger partial charge is 0.250 e. The minimum Gasteiger partial charge on any atom is -0.359 e. The Labute approximate surface area is 229 Å². The van der Waals surface area contributed by atoms with E-state index in [0.717, 1.165) is 15.6 Å². The molecule has 0 saturated carbocycles. The summed E-state index contributed by atoms with van der Waals surface area (Å²) in [4.78, 5) is 42.9. The fourth-order valence-electron chi connectivity index (χ4n) is 5.86. The number of likely N-dealkylation sites (tertiary alicyclic amines) is 1. The number of benzene rings is 3. The molecule has 0 unspecified atom stereocenters. The normalized spacial score (nSPS) is 26.9. The highest BCUT2D eigenvalue weighted by molar-refractivity contribution is 9.10. The van der Waals surface area contributed by atoms with E-state index in [2.05, 4.69) is 26.6 Å². The van der Waals surface area contributed by atoms with Crippen LogP contribution in [0, 0.1) is 11.8 Å². The van der Waals surface area contributed by atoms with Gasteiger partial charge in [0.05, 0.1) is 17.9 Å². The summed E-state index contributed by atoms with van der Waals surface area (Å²) in [5, 5.41) is 5.94. The Balaban J connectivity index is 1.31. The molecule has 2 N–H and O–H groups in total. The fourth-order valence-corrected chi connectivity index (χ4v) is 6.13. The minimum atomic E-state index is -1.22. The van der Waals surface area contributed by atoms with Crippen molar-refractivity contribution in [2.75, 3.05) is 5.32 Å². The lowest BCUT2D eigenvalue weighted by atomic mass is 9.74. The second-order valence-electron chi connectivity index (χ2n) is 9.85. The Kier molecular flexibility index (Phi) is 6.37. The van der Waals surface area contributed by atoms with E-state index in [1.807, 2.05) is 84.9 Å². The number of anilines is 1. The van der Waals surface area contributed by atoms with Gasteiger partial charge in [-0.3, -0.25) is 14.4 Å². The number of hydrogen-bond donors (Lipinski definition) is 2. The topological polar surface area (TPSA) is 87.7 Å². The number of nitrogens with one attached hydrogen (secondary N) is 2. The van der Waals surface area contributed by atoms with Crippen molar-refractivity contribution in [3.63, 3.8) is 0 Å². The molecule has 8 heteroatoms. The maximum Gasteiger partial charge on any atom is 0.250 e. The van der Waals surface area contributed by atoms with Crippen LogP contribution in [-0.4, -0.2) is 40.4 Å². The minimum absolute atomic E-state index is 0.233. The molecule has 38 heavy (non-hydrogen) atoms. The number of rotatable bonds is 7. The molecule has 3 aromatic rings.